The molecule has 2 nitrogen and oxygen atoms in total. The van der Waals surface area contributed by atoms with E-state index < -0.39 is 0 Å². The summed E-state index contributed by atoms with van der Waals surface area (Å²) >= 11 is 0. The van der Waals surface area contributed by atoms with E-state index in [0.717, 1.165) is 6.04 Å². The lowest BCUT2D eigenvalue weighted by Gasteiger charge is -2.44. The smallest absolute Gasteiger partial charge is 0.0252 e. The lowest BCUT2D eigenvalue weighted by molar-refractivity contribution is 0.0908. The van der Waals surface area contributed by atoms with E-state index in [-0.39, 0.29) is 0 Å². The van der Waals surface area contributed by atoms with Gasteiger partial charge in [0.25, 0.3) is 0 Å². The summed E-state index contributed by atoms with van der Waals surface area (Å²) in [5, 5.41) is 3.67. The molecule has 0 radical (unpaired) electrons. The lowest BCUT2D eigenvalue weighted by atomic mass is 9.97. The molecule has 1 heterocycles. The molecule has 1 aliphatic rings. The molecule has 0 amide bonds. The lowest BCUT2D eigenvalue weighted by Crippen LogP contribution is -2.61. The van der Waals surface area contributed by atoms with Crippen LogP contribution in [0.3, 0.4) is 0 Å². The van der Waals surface area contributed by atoms with Gasteiger partial charge < -0.3 is 5.32 Å². The third kappa shape index (κ3) is 6.76. The minimum Gasteiger partial charge on any atom is -0.309 e. The van der Waals surface area contributed by atoms with Crippen LogP contribution in [0.1, 0.15) is 79.1 Å². The van der Waals surface area contributed by atoms with Crippen molar-refractivity contribution in [1.29, 1.82) is 0 Å². The van der Waals surface area contributed by atoms with Gasteiger partial charge in [-0.05, 0) is 33.2 Å². The summed E-state index contributed by atoms with van der Waals surface area (Å²) in [6, 6.07) is 0.758. The first-order valence-electron chi connectivity index (χ1n) is 8.58. The fourth-order valence-corrected chi connectivity index (χ4v) is 3.15. The fourth-order valence-electron chi connectivity index (χ4n) is 3.15. The molecule has 1 N–H and O–H groups in total. The first-order valence-corrected chi connectivity index (χ1v) is 8.58. The van der Waals surface area contributed by atoms with Gasteiger partial charge in [-0.15, -0.1) is 0 Å². The molecule has 1 aliphatic heterocycles. The Kier molecular flexibility index (Phi) is 8.01. The molecule has 0 aromatic rings. The van der Waals surface area contributed by atoms with Crippen LogP contribution in [0.2, 0.25) is 0 Å². The summed E-state index contributed by atoms with van der Waals surface area (Å²) in [5.41, 5.74) is 0.298. The van der Waals surface area contributed by atoms with E-state index in [2.05, 4.69) is 37.9 Å². The Balaban J connectivity index is 2.15. The van der Waals surface area contributed by atoms with Crippen molar-refractivity contribution in [3.8, 4) is 0 Å². The molecule has 114 valence electrons. The first-order chi connectivity index (χ1) is 9.09. The van der Waals surface area contributed by atoms with Crippen LogP contribution in [0, 0.1) is 0 Å². The SMILES string of the molecule is CCCCCCCCCN1CC(C)(C)NCC1CC. The molecule has 0 saturated carbocycles. The molecule has 19 heavy (non-hydrogen) atoms. The summed E-state index contributed by atoms with van der Waals surface area (Å²) < 4.78 is 0. The third-order valence-corrected chi connectivity index (χ3v) is 4.45. The van der Waals surface area contributed by atoms with E-state index in [1.165, 1.54) is 71.0 Å². The Labute approximate surface area is 121 Å². The largest absolute Gasteiger partial charge is 0.309 e. The van der Waals surface area contributed by atoms with Crippen molar-refractivity contribution in [3.63, 3.8) is 0 Å². The zero-order valence-corrected chi connectivity index (χ0v) is 13.8. The predicted molar refractivity (Wildman–Crippen MR) is 85.7 cm³/mol. The minimum absolute atomic E-state index is 0.298. The van der Waals surface area contributed by atoms with E-state index in [4.69, 9.17) is 0 Å². The molecule has 1 fully saturated rings. The van der Waals surface area contributed by atoms with Crippen LogP contribution in [0.15, 0.2) is 0 Å². The maximum Gasteiger partial charge on any atom is 0.0252 e. The number of nitrogens with zero attached hydrogens (tertiary/aromatic N) is 1. The minimum atomic E-state index is 0.298. The van der Waals surface area contributed by atoms with Crippen molar-refractivity contribution >= 4 is 0 Å². The van der Waals surface area contributed by atoms with Crippen molar-refractivity contribution in [1.82, 2.24) is 10.2 Å². The van der Waals surface area contributed by atoms with Crippen LogP contribution >= 0.6 is 0 Å². The van der Waals surface area contributed by atoms with Gasteiger partial charge >= 0.3 is 0 Å². The molecular weight excluding hydrogens is 232 g/mol. The number of nitrogens with one attached hydrogen (secondary N) is 1. The average molecular weight is 268 g/mol. The topological polar surface area (TPSA) is 15.3 Å². The predicted octanol–water partition coefficient (Wildman–Crippen LogP) is 4.20. The van der Waals surface area contributed by atoms with Gasteiger partial charge in [0.2, 0.25) is 0 Å². The Morgan fingerprint density at radius 2 is 1.63 bits per heavy atom. The highest BCUT2D eigenvalue weighted by atomic mass is 15.2. The number of piperazine rings is 1. The van der Waals surface area contributed by atoms with Gasteiger partial charge in [-0.3, -0.25) is 4.90 Å². The van der Waals surface area contributed by atoms with E-state index in [0.29, 0.717) is 5.54 Å². The van der Waals surface area contributed by atoms with Crippen molar-refractivity contribution in [3.05, 3.63) is 0 Å². The van der Waals surface area contributed by atoms with E-state index in [9.17, 15) is 0 Å². The summed E-state index contributed by atoms with van der Waals surface area (Å²) in [5.74, 6) is 0. The maximum absolute atomic E-state index is 3.67. The van der Waals surface area contributed by atoms with Gasteiger partial charge in [0.05, 0.1) is 0 Å². The van der Waals surface area contributed by atoms with E-state index >= 15 is 0 Å². The molecule has 0 aromatic carbocycles. The number of hydrogen-bond donors (Lipinski definition) is 1. The van der Waals surface area contributed by atoms with Gasteiger partial charge in [0.1, 0.15) is 0 Å². The molecule has 1 saturated heterocycles. The van der Waals surface area contributed by atoms with Crippen LogP contribution in [-0.2, 0) is 0 Å². The van der Waals surface area contributed by atoms with E-state index in [1.807, 2.05) is 0 Å². The van der Waals surface area contributed by atoms with Crippen molar-refractivity contribution < 1.29 is 0 Å². The zero-order chi connectivity index (χ0) is 14.1. The highest BCUT2D eigenvalue weighted by Gasteiger charge is 2.30. The van der Waals surface area contributed by atoms with Gasteiger partial charge in [-0.25, -0.2) is 0 Å². The van der Waals surface area contributed by atoms with Crippen molar-refractivity contribution in [2.24, 2.45) is 0 Å². The second-order valence-electron chi connectivity index (χ2n) is 6.92. The first kappa shape index (κ1) is 17.0. The van der Waals surface area contributed by atoms with Crippen LogP contribution in [-0.4, -0.2) is 36.1 Å². The number of rotatable bonds is 9. The van der Waals surface area contributed by atoms with Crippen LogP contribution in [0.5, 0.6) is 0 Å². The monoisotopic (exact) mass is 268 g/mol. The molecule has 0 spiro atoms. The Morgan fingerprint density at radius 3 is 2.26 bits per heavy atom. The maximum atomic E-state index is 3.67. The molecule has 1 atom stereocenters. The highest BCUT2D eigenvalue weighted by Crippen LogP contribution is 2.18. The molecule has 0 aliphatic carbocycles. The van der Waals surface area contributed by atoms with Crippen LogP contribution in [0.4, 0.5) is 0 Å². The molecule has 0 aromatic heterocycles. The number of hydrogen-bond acceptors (Lipinski definition) is 2. The Hall–Kier alpha value is -0.0800. The summed E-state index contributed by atoms with van der Waals surface area (Å²) in [6.07, 6.45) is 11.2. The third-order valence-electron chi connectivity index (χ3n) is 4.45. The Morgan fingerprint density at radius 1 is 1.00 bits per heavy atom. The van der Waals surface area contributed by atoms with Crippen molar-refractivity contribution in [2.75, 3.05) is 19.6 Å². The van der Waals surface area contributed by atoms with E-state index in [1.54, 1.807) is 0 Å². The molecular formula is C17H36N2. The van der Waals surface area contributed by atoms with Gasteiger partial charge in [-0.2, -0.15) is 0 Å². The highest BCUT2D eigenvalue weighted by molar-refractivity contribution is 4.91. The summed E-state index contributed by atoms with van der Waals surface area (Å²) in [4.78, 5) is 2.72. The van der Waals surface area contributed by atoms with Gasteiger partial charge in [0, 0.05) is 24.7 Å². The normalized spacial score (nSPS) is 23.7. The molecule has 2 heteroatoms. The van der Waals surface area contributed by atoms with Gasteiger partial charge in [-0.1, -0.05) is 52.4 Å². The fraction of sp³-hybridized carbons (Fsp3) is 1.00. The summed E-state index contributed by atoms with van der Waals surface area (Å²) in [6.45, 7) is 12.9. The van der Waals surface area contributed by atoms with Gasteiger partial charge in [0.15, 0.2) is 0 Å². The van der Waals surface area contributed by atoms with Crippen LogP contribution < -0.4 is 5.32 Å². The average Bonchev–Trinajstić information content (AvgIpc) is 2.37. The molecule has 1 unspecified atom stereocenters. The second-order valence-corrected chi connectivity index (χ2v) is 6.92. The quantitative estimate of drug-likeness (QED) is 0.631. The zero-order valence-electron chi connectivity index (χ0n) is 13.8. The standard InChI is InChI=1S/C17H36N2/c1-5-7-8-9-10-11-12-13-19-15-17(3,4)18-14-16(19)6-2/h16,18H,5-15H2,1-4H3. The second kappa shape index (κ2) is 8.97. The molecule has 1 rings (SSSR count). The van der Waals surface area contributed by atoms with Crippen LogP contribution in [0.25, 0.3) is 0 Å². The molecule has 0 bridgehead atoms. The number of unbranched alkanes of at least 4 members (excludes halogenated alkanes) is 6. The summed E-state index contributed by atoms with van der Waals surface area (Å²) in [7, 11) is 0. The van der Waals surface area contributed by atoms with Crippen molar-refractivity contribution in [2.45, 2.75) is 90.6 Å². The Bertz CT molecular complexity index is 225.